The van der Waals surface area contributed by atoms with E-state index in [4.69, 9.17) is 0 Å². The zero-order valence-electron chi connectivity index (χ0n) is 16.4. The van der Waals surface area contributed by atoms with Gasteiger partial charge in [0.15, 0.2) is 0 Å². The van der Waals surface area contributed by atoms with Gasteiger partial charge in [0, 0.05) is 38.3 Å². The first-order valence-corrected chi connectivity index (χ1v) is 9.98. The Hall–Kier alpha value is -2.64. The van der Waals surface area contributed by atoms with Crippen molar-refractivity contribution in [1.29, 1.82) is 0 Å². The fraction of sp³-hybridized carbons (Fsp3) is 0.600. The number of aryl methyl sites for hydroxylation is 1. The average Bonchev–Trinajstić information content (AvgIpc) is 3.48. The van der Waals surface area contributed by atoms with Gasteiger partial charge in [0.2, 0.25) is 5.91 Å². The summed E-state index contributed by atoms with van der Waals surface area (Å²) in [5, 5.41) is 5.17. The molecular formula is C20H27N5O3. The van der Waals surface area contributed by atoms with Gasteiger partial charge in [-0.3, -0.25) is 19.9 Å². The van der Waals surface area contributed by atoms with E-state index in [-0.39, 0.29) is 23.7 Å². The van der Waals surface area contributed by atoms with Gasteiger partial charge in [0.1, 0.15) is 5.54 Å². The van der Waals surface area contributed by atoms with Gasteiger partial charge in [0.05, 0.1) is 11.9 Å². The molecule has 0 aromatic carbocycles. The highest BCUT2D eigenvalue weighted by atomic mass is 16.2. The third-order valence-corrected chi connectivity index (χ3v) is 6.11. The molecule has 1 aromatic rings. The number of rotatable bonds is 5. The second kappa shape index (κ2) is 7.07. The molecule has 2 aliphatic heterocycles. The fourth-order valence-electron chi connectivity index (χ4n) is 4.46. The number of amides is 4. The molecule has 2 atom stereocenters. The summed E-state index contributed by atoms with van der Waals surface area (Å²) in [5.74, 6) is -0.413. The first-order chi connectivity index (χ1) is 13.4. The molecule has 1 aliphatic carbocycles. The third kappa shape index (κ3) is 3.43. The van der Waals surface area contributed by atoms with Crippen LogP contribution in [0.2, 0.25) is 0 Å². The molecule has 1 saturated carbocycles. The molecule has 2 unspecified atom stereocenters. The van der Waals surface area contributed by atoms with E-state index in [1.165, 1.54) is 0 Å². The fourth-order valence-corrected chi connectivity index (χ4v) is 4.46. The second-order valence-electron chi connectivity index (χ2n) is 8.29. The van der Waals surface area contributed by atoms with Crippen molar-refractivity contribution in [2.24, 2.45) is 11.8 Å². The van der Waals surface area contributed by atoms with Gasteiger partial charge in [0.25, 0.3) is 5.91 Å². The Bertz CT molecular complexity index is 801. The van der Waals surface area contributed by atoms with E-state index in [0.717, 1.165) is 37.2 Å². The van der Waals surface area contributed by atoms with Crippen molar-refractivity contribution in [2.45, 2.75) is 38.6 Å². The van der Waals surface area contributed by atoms with Crippen LogP contribution in [0, 0.1) is 18.8 Å². The summed E-state index contributed by atoms with van der Waals surface area (Å²) < 4.78 is 0. The largest absolute Gasteiger partial charge is 0.367 e. The van der Waals surface area contributed by atoms with Crippen LogP contribution in [0.4, 0.5) is 10.5 Å². The number of carbonyl (C=O) groups excluding carboxylic acids is 3. The Balaban J connectivity index is 1.37. The molecule has 1 aromatic heterocycles. The average molecular weight is 385 g/mol. The topological polar surface area (TPSA) is 94.6 Å². The lowest BCUT2D eigenvalue weighted by Crippen LogP contribution is -2.54. The van der Waals surface area contributed by atoms with Crippen molar-refractivity contribution in [3.8, 4) is 0 Å². The number of nitrogens with zero attached hydrogens (tertiary/aromatic N) is 3. The van der Waals surface area contributed by atoms with Gasteiger partial charge < -0.3 is 15.1 Å². The molecule has 8 heteroatoms. The number of imide groups is 1. The van der Waals surface area contributed by atoms with Crippen LogP contribution in [0.15, 0.2) is 18.5 Å². The van der Waals surface area contributed by atoms with E-state index in [0.29, 0.717) is 19.5 Å². The third-order valence-electron chi connectivity index (χ3n) is 6.11. The van der Waals surface area contributed by atoms with Crippen molar-refractivity contribution in [3.05, 3.63) is 24.0 Å². The van der Waals surface area contributed by atoms with Crippen LogP contribution in [0.5, 0.6) is 0 Å². The van der Waals surface area contributed by atoms with Gasteiger partial charge in [-0.15, -0.1) is 0 Å². The maximum absolute atomic E-state index is 13.0. The monoisotopic (exact) mass is 385 g/mol. The molecule has 3 fully saturated rings. The summed E-state index contributed by atoms with van der Waals surface area (Å²) in [6, 6.07) is 1.66. The van der Waals surface area contributed by atoms with Crippen LogP contribution < -0.4 is 15.5 Å². The predicted octanol–water partition coefficient (Wildman–Crippen LogP) is 1.05. The zero-order valence-corrected chi connectivity index (χ0v) is 16.4. The summed E-state index contributed by atoms with van der Waals surface area (Å²) in [6.45, 7) is 6.69. The Kier molecular flexibility index (Phi) is 4.72. The lowest BCUT2D eigenvalue weighted by atomic mass is 9.83. The minimum Gasteiger partial charge on any atom is -0.367 e. The summed E-state index contributed by atoms with van der Waals surface area (Å²) in [6.07, 6.45) is 5.87. The number of carbonyl (C=O) groups is 3. The van der Waals surface area contributed by atoms with Crippen molar-refractivity contribution >= 4 is 23.5 Å². The van der Waals surface area contributed by atoms with E-state index in [1.807, 2.05) is 31.1 Å². The first-order valence-electron chi connectivity index (χ1n) is 9.98. The Labute approximate surface area is 164 Å². The van der Waals surface area contributed by atoms with Crippen LogP contribution in [-0.2, 0) is 9.59 Å². The maximum atomic E-state index is 13.0. The normalized spacial score (nSPS) is 26.1. The minimum absolute atomic E-state index is 0.0518. The van der Waals surface area contributed by atoms with Crippen molar-refractivity contribution in [3.63, 3.8) is 0 Å². The van der Waals surface area contributed by atoms with Crippen LogP contribution in [-0.4, -0.2) is 59.4 Å². The zero-order chi connectivity index (χ0) is 19.9. The van der Waals surface area contributed by atoms with E-state index >= 15 is 0 Å². The Morgan fingerprint density at radius 3 is 2.54 bits per heavy atom. The Morgan fingerprint density at radius 2 is 1.96 bits per heavy atom. The van der Waals surface area contributed by atoms with Gasteiger partial charge in [-0.05, 0) is 43.7 Å². The summed E-state index contributed by atoms with van der Waals surface area (Å²) in [4.78, 5) is 45.5. The molecule has 0 spiro atoms. The van der Waals surface area contributed by atoms with Crippen LogP contribution in [0.25, 0.3) is 0 Å². The first kappa shape index (κ1) is 18.7. The molecule has 150 valence electrons. The lowest BCUT2D eigenvalue weighted by molar-refractivity contribution is -0.136. The molecule has 8 nitrogen and oxygen atoms in total. The van der Waals surface area contributed by atoms with Crippen LogP contribution >= 0.6 is 0 Å². The van der Waals surface area contributed by atoms with Gasteiger partial charge in [-0.25, -0.2) is 4.79 Å². The van der Waals surface area contributed by atoms with E-state index in [9.17, 15) is 14.4 Å². The number of pyridine rings is 1. The summed E-state index contributed by atoms with van der Waals surface area (Å²) >= 11 is 0. The highest BCUT2D eigenvalue weighted by Gasteiger charge is 2.56. The van der Waals surface area contributed by atoms with E-state index in [2.05, 4.69) is 26.6 Å². The SMILES string of the molecule is Cc1cncc(N2CCN(C(=O)C(C)CC3(C4CC4)NC(=O)NC3=O)CC2)c1. The Morgan fingerprint density at radius 1 is 1.25 bits per heavy atom. The standard InChI is InChI=1S/C20H27N5O3/c1-13-9-16(12-21-11-13)24-5-7-25(8-6-24)17(26)14(2)10-20(15-3-4-15)18(27)22-19(28)23-20/h9,11-12,14-15H,3-8,10H2,1-2H3,(H2,22,23,27,28). The maximum Gasteiger partial charge on any atom is 0.322 e. The van der Waals surface area contributed by atoms with Crippen LogP contribution in [0.3, 0.4) is 0 Å². The van der Waals surface area contributed by atoms with Gasteiger partial charge in [-0.2, -0.15) is 0 Å². The molecule has 2 saturated heterocycles. The van der Waals surface area contributed by atoms with Crippen molar-refractivity contribution in [2.75, 3.05) is 31.1 Å². The van der Waals surface area contributed by atoms with E-state index in [1.54, 1.807) is 0 Å². The second-order valence-corrected chi connectivity index (χ2v) is 8.29. The molecule has 3 heterocycles. The molecule has 0 radical (unpaired) electrons. The number of urea groups is 1. The van der Waals surface area contributed by atoms with E-state index < -0.39 is 11.6 Å². The molecule has 4 amide bonds. The number of nitrogens with one attached hydrogen (secondary N) is 2. The molecule has 4 rings (SSSR count). The molecule has 28 heavy (non-hydrogen) atoms. The number of aromatic nitrogens is 1. The van der Waals surface area contributed by atoms with Gasteiger partial charge >= 0.3 is 6.03 Å². The number of anilines is 1. The highest BCUT2D eigenvalue weighted by Crippen LogP contribution is 2.44. The molecule has 3 aliphatic rings. The lowest BCUT2D eigenvalue weighted by Gasteiger charge is -2.38. The van der Waals surface area contributed by atoms with Gasteiger partial charge in [-0.1, -0.05) is 6.92 Å². The van der Waals surface area contributed by atoms with Crippen molar-refractivity contribution in [1.82, 2.24) is 20.5 Å². The van der Waals surface area contributed by atoms with Crippen LogP contribution in [0.1, 0.15) is 31.7 Å². The molecule has 2 N–H and O–H groups in total. The minimum atomic E-state index is -0.915. The quantitative estimate of drug-likeness (QED) is 0.739. The highest BCUT2D eigenvalue weighted by molar-refractivity contribution is 6.07. The summed E-state index contributed by atoms with van der Waals surface area (Å²) in [5.41, 5.74) is 1.28. The summed E-state index contributed by atoms with van der Waals surface area (Å²) in [7, 11) is 0. The van der Waals surface area contributed by atoms with Crippen molar-refractivity contribution < 1.29 is 14.4 Å². The molecular weight excluding hydrogens is 358 g/mol. The number of piperazine rings is 1. The molecule has 0 bridgehead atoms. The number of hydrogen-bond donors (Lipinski definition) is 2. The number of hydrogen-bond acceptors (Lipinski definition) is 5. The predicted molar refractivity (Wildman–Crippen MR) is 104 cm³/mol. The smallest absolute Gasteiger partial charge is 0.322 e.